The van der Waals surface area contributed by atoms with Crippen LogP contribution in [0.3, 0.4) is 0 Å². The van der Waals surface area contributed by atoms with E-state index in [4.69, 9.17) is 19.4 Å². The molecule has 0 spiro atoms. The first-order chi connectivity index (χ1) is 31.6. The van der Waals surface area contributed by atoms with Gasteiger partial charge in [-0.15, -0.1) is 18.2 Å². The Balaban J connectivity index is 0.000000221. The molecular weight excluding hydrogens is 1050 g/mol. The SMILES string of the molecule is CC(C)Cc1cc(-c2[c-]cccc2)nc[c]1[Ge]([CH3])([CH3])[CH3].Fc1cccc2nc3oc4c(-c5nc6ccccc6n5-c5c(-c6ccccc6)cccc5-c5ccccc5)[c-]ccc4c3cc12.[Ir]. The van der Waals surface area contributed by atoms with Crippen molar-refractivity contribution in [3.05, 3.63) is 200 Å². The van der Waals surface area contributed by atoms with Crippen molar-refractivity contribution in [2.24, 2.45) is 5.92 Å². The largest absolute Gasteiger partial charge is 0.486 e. The van der Waals surface area contributed by atoms with E-state index >= 15 is 0 Å². The van der Waals surface area contributed by atoms with E-state index in [1.54, 1.807) is 16.5 Å². The first-order valence-corrected chi connectivity index (χ1v) is 29.5. The molecule has 8 heteroatoms. The van der Waals surface area contributed by atoms with Gasteiger partial charge < -0.3 is 8.98 Å². The maximum atomic E-state index is 14.8. The summed E-state index contributed by atoms with van der Waals surface area (Å²) in [7, 11) is 0. The van der Waals surface area contributed by atoms with Gasteiger partial charge in [0.2, 0.25) is 5.71 Å². The Kier molecular flexibility index (Phi) is 12.7. The molecule has 0 aliphatic carbocycles. The van der Waals surface area contributed by atoms with Crippen molar-refractivity contribution in [1.29, 1.82) is 0 Å². The van der Waals surface area contributed by atoms with Crippen LogP contribution in [0.2, 0.25) is 17.3 Å². The van der Waals surface area contributed by atoms with E-state index in [1.165, 1.54) is 11.6 Å². The van der Waals surface area contributed by atoms with Gasteiger partial charge in [-0.1, -0.05) is 108 Å². The van der Waals surface area contributed by atoms with E-state index in [9.17, 15) is 4.39 Å². The quantitative estimate of drug-likeness (QED) is 0.112. The summed E-state index contributed by atoms with van der Waals surface area (Å²) in [4.78, 5) is 14.6. The summed E-state index contributed by atoms with van der Waals surface area (Å²) in [5, 5.41) is 2.03. The van der Waals surface area contributed by atoms with Crippen molar-refractivity contribution in [2.45, 2.75) is 37.5 Å². The van der Waals surface area contributed by atoms with Gasteiger partial charge in [0.05, 0.1) is 33.6 Å². The van der Waals surface area contributed by atoms with Crippen LogP contribution in [0, 0.1) is 23.9 Å². The number of aromatic nitrogens is 4. The van der Waals surface area contributed by atoms with E-state index in [0.29, 0.717) is 39.5 Å². The summed E-state index contributed by atoms with van der Waals surface area (Å²) in [6.07, 6.45) is 3.27. The second kappa shape index (κ2) is 18.8. The molecule has 0 saturated carbocycles. The van der Waals surface area contributed by atoms with Gasteiger partial charge in [-0.3, -0.25) is 4.98 Å². The number of para-hydroxylation sites is 3. The molecule has 4 heterocycles. The van der Waals surface area contributed by atoms with Crippen molar-refractivity contribution >= 4 is 61.7 Å². The maximum Gasteiger partial charge on any atom is 0.216 e. The summed E-state index contributed by atoms with van der Waals surface area (Å²) < 4.78 is 25.0. The zero-order valence-corrected chi connectivity index (χ0v) is 41.9. The number of fused-ring (bicyclic) bond motifs is 5. The number of benzene rings is 7. The average molecular weight is 1100 g/mol. The molecular formula is C58H47FGeIrN4O-2. The fraction of sp³-hybridized carbons (Fsp3) is 0.121. The molecule has 327 valence electrons. The maximum absolute atomic E-state index is 14.8. The van der Waals surface area contributed by atoms with Crippen LogP contribution in [0.5, 0.6) is 0 Å². The van der Waals surface area contributed by atoms with Gasteiger partial charge >= 0.3 is 126 Å². The molecule has 7 aromatic carbocycles. The Bertz CT molecular complexity index is 3430. The third-order valence-electron chi connectivity index (χ3n) is 11.8. The van der Waals surface area contributed by atoms with Gasteiger partial charge in [-0.25, -0.2) is 9.37 Å². The zero-order chi connectivity index (χ0) is 44.7. The number of furan rings is 1. The minimum absolute atomic E-state index is 0. The second-order valence-electron chi connectivity index (χ2n) is 17.9. The van der Waals surface area contributed by atoms with E-state index < -0.39 is 13.3 Å². The Morgan fingerprint density at radius 1 is 0.652 bits per heavy atom. The molecule has 0 bridgehead atoms. The summed E-state index contributed by atoms with van der Waals surface area (Å²) in [5.41, 5.74) is 13.1. The molecule has 0 unspecified atom stereocenters. The summed E-state index contributed by atoms with van der Waals surface area (Å²) in [5.74, 6) is 8.37. The van der Waals surface area contributed by atoms with Crippen LogP contribution in [0.1, 0.15) is 19.4 Å². The van der Waals surface area contributed by atoms with Crippen molar-refractivity contribution < 1.29 is 28.9 Å². The number of rotatable bonds is 8. The summed E-state index contributed by atoms with van der Waals surface area (Å²) >= 11 is -1.86. The second-order valence-corrected chi connectivity index (χ2v) is 28.5. The molecule has 0 amide bonds. The van der Waals surface area contributed by atoms with Gasteiger partial charge in [0.15, 0.2) is 0 Å². The third kappa shape index (κ3) is 8.67. The molecule has 5 nitrogen and oxygen atoms in total. The molecule has 0 fully saturated rings. The minimum atomic E-state index is -1.86. The van der Waals surface area contributed by atoms with Crippen molar-refractivity contribution in [3.8, 4) is 50.6 Å². The molecule has 0 N–H and O–H groups in total. The van der Waals surface area contributed by atoms with Crippen LogP contribution in [0.25, 0.3) is 94.6 Å². The van der Waals surface area contributed by atoms with Crippen LogP contribution < -0.4 is 4.40 Å². The first kappa shape index (κ1) is 44.7. The number of nitrogens with zero attached hydrogens (tertiary/aromatic N) is 4. The third-order valence-corrected chi connectivity index (χ3v) is 16.2. The number of halogens is 1. The van der Waals surface area contributed by atoms with E-state index in [0.717, 1.165) is 67.4 Å². The van der Waals surface area contributed by atoms with Crippen LogP contribution >= 0.6 is 0 Å². The van der Waals surface area contributed by atoms with E-state index in [1.807, 2.05) is 66.7 Å². The summed E-state index contributed by atoms with van der Waals surface area (Å²) in [6.45, 7) is 4.57. The Labute approximate surface area is 401 Å². The Morgan fingerprint density at radius 3 is 2.00 bits per heavy atom. The fourth-order valence-electron chi connectivity index (χ4n) is 8.86. The smallest absolute Gasteiger partial charge is 0.216 e. The monoisotopic (exact) mass is 1100 g/mol. The predicted molar refractivity (Wildman–Crippen MR) is 269 cm³/mol. The standard InChI is InChI=1S/C40H23FN3O.C18H24GeN.Ir/c41-33-20-11-22-34-32(33)24-31-29-18-10-19-30(38(29)45-40(31)43-34)39-42-35-21-7-8-23-36(35)44(39)37-27(25-12-3-1-4-13-25)16-9-17-28(37)26-14-5-2-6-15-26;1-14(2)11-16-12-18(15-9-7-6-8-10-15)20-13-17(16)19(3,4)5;/h1-18,20-24H;6-9,12-14H,11H2,1-5H3;/q2*-1;. The molecule has 66 heavy (non-hydrogen) atoms. The van der Waals surface area contributed by atoms with Crippen LogP contribution in [0.4, 0.5) is 4.39 Å². The molecule has 4 aromatic heterocycles. The Hall–Kier alpha value is -6.51. The fourth-order valence-corrected chi connectivity index (χ4v) is 12.2. The number of imidazole rings is 1. The topological polar surface area (TPSA) is 56.7 Å². The molecule has 11 rings (SSSR count). The first-order valence-electron chi connectivity index (χ1n) is 22.1. The van der Waals surface area contributed by atoms with Gasteiger partial charge in [-0.2, -0.15) is 0 Å². The molecule has 0 aliphatic rings. The predicted octanol–water partition coefficient (Wildman–Crippen LogP) is 14.7. The van der Waals surface area contributed by atoms with Gasteiger partial charge in [0.25, 0.3) is 0 Å². The van der Waals surface area contributed by atoms with Crippen molar-refractivity contribution in [1.82, 2.24) is 19.5 Å². The average Bonchev–Trinajstić information content (AvgIpc) is 3.89. The number of pyridine rings is 2. The van der Waals surface area contributed by atoms with Crippen LogP contribution in [0.15, 0.2) is 180 Å². The number of hydrogen-bond donors (Lipinski definition) is 0. The van der Waals surface area contributed by atoms with Gasteiger partial charge in [0, 0.05) is 42.0 Å². The van der Waals surface area contributed by atoms with E-state index in [2.05, 4.69) is 139 Å². The van der Waals surface area contributed by atoms with Gasteiger partial charge in [-0.05, 0) is 41.5 Å². The normalized spacial score (nSPS) is 11.6. The van der Waals surface area contributed by atoms with Gasteiger partial charge in [0.1, 0.15) is 5.82 Å². The van der Waals surface area contributed by atoms with E-state index in [-0.39, 0.29) is 25.9 Å². The minimum Gasteiger partial charge on any atom is -0.486 e. The number of hydrogen-bond acceptors (Lipinski definition) is 4. The molecule has 11 aromatic rings. The molecule has 0 atom stereocenters. The van der Waals surface area contributed by atoms with Crippen molar-refractivity contribution in [2.75, 3.05) is 0 Å². The summed E-state index contributed by atoms with van der Waals surface area (Å²) in [6, 6.07) is 63.1. The molecule has 0 saturated heterocycles. The molecule has 0 aliphatic heterocycles. The van der Waals surface area contributed by atoms with Crippen LogP contribution in [-0.4, -0.2) is 32.8 Å². The van der Waals surface area contributed by atoms with Crippen LogP contribution in [-0.2, 0) is 26.5 Å². The zero-order valence-electron chi connectivity index (χ0n) is 37.4. The molecule has 1 radical (unpaired) electrons. The van der Waals surface area contributed by atoms with Crippen molar-refractivity contribution in [3.63, 3.8) is 0 Å². The Morgan fingerprint density at radius 2 is 1.32 bits per heavy atom.